The molecule has 0 aromatic heterocycles. The summed E-state index contributed by atoms with van der Waals surface area (Å²) in [6.07, 6.45) is 8.56. The molecule has 0 aliphatic heterocycles. The second-order valence-corrected chi connectivity index (χ2v) is 3.68. The maximum atomic E-state index is 10.9. The molecule has 0 amide bonds. The summed E-state index contributed by atoms with van der Waals surface area (Å²) in [5, 5.41) is 8.98. The molecule has 1 atom stereocenters. The minimum Gasteiger partial charge on any atom is -0.481 e. The molecule has 0 aromatic rings. The molecule has 0 radical (unpaired) electrons. The molecule has 1 rings (SSSR count). The summed E-state index contributed by atoms with van der Waals surface area (Å²) in [6, 6.07) is 0. The quantitative estimate of drug-likeness (QED) is 0.681. The summed E-state index contributed by atoms with van der Waals surface area (Å²) in [5.41, 5.74) is 1.16. The van der Waals surface area contributed by atoms with Gasteiger partial charge in [0.2, 0.25) is 0 Å². The van der Waals surface area contributed by atoms with Crippen molar-refractivity contribution < 1.29 is 9.90 Å². The lowest BCUT2D eigenvalue weighted by molar-refractivity contribution is -0.140. The van der Waals surface area contributed by atoms with Crippen molar-refractivity contribution in [2.24, 2.45) is 5.92 Å². The number of carboxylic acid groups (broad SMARTS) is 1. The highest BCUT2D eigenvalue weighted by atomic mass is 16.4. The third kappa shape index (κ3) is 2.87. The predicted molar refractivity (Wildman–Crippen MR) is 52.6 cm³/mol. The van der Waals surface area contributed by atoms with Gasteiger partial charge >= 0.3 is 5.97 Å². The zero-order chi connectivity index (χ0) is 9.68. The van der Waals surface area contributed by atoms with Gasteiger partial charge in [-0.15, -0.1) is 0 Å². The molecule has 1 aliphatic carbocycles. The fourth-order valence-corrected chi connectivity index (χ4v) is 1.95. The first-order chi connectivity index (χ1) is 6.25. The lowest BCUT2D eigenvalue weighted by atomic mass is 9.93. The molecule has 1 N–H and O–H groups in total. The van der Waals surface area contributed by atoms with E-state index < -0.39 is 5.97 Å². The molecule has 1 aliphatic rings. The Balaban J connectivity index is 2.65. The Labute approximate surface area is 79.6 Å². The first kappa shape index (κ1) is 10.3. The highest BCUT2D eigenvalue weighted by molar-refractivity contribution is 5.73. The predicted octanol–water partition coefficient (Wildman–Crippen LogP) is 2.99. The number of carbonyl (C=O) groups is 1. The van der Waals surface area contributed by atoms with Crippen LogP contribution in [0, 0.1) is 5.92 Å². The average molecular weight is 182 g/mol. The van der Waals surface area contributed by atoms with Crippen molar-refractivity contribution in [1.82, 2.24) is 0 Å². The van der Waals surface area contributed by atoms with Crippen molar-refractivity contribution in [1.29, 1.82) is 0 Å². The Hall–Kier alpha value is -0.790. The van der Waals surface area contributed by atoms with E-state index >= 15 is 0 Å². The van der Waals surface area contributed by atoms with Gasteiger partial charge in [0.15, 0.2) is 0 Å². The number of aliphatic carboxylic acids is 1. The van der Waals surface area contributed by atoms with Crippen molar-refractivity contribution in [3.05, 3.63) is 11.6 Å². The molecular weight excluding hydrogens is 164 g/mol. The maximum Gasteiger partial charge on any atom is 0.310 e. The third-order valence-corrected chi connectivity index (χ3v) is 2.73. The monoisotopic (exact) mass is 182 g/mol. The van der Waals surface area contributed by atoms with E-state index in [1.807, 2.05) is 6.92 Å². The van der Waals surface area contributed by atoms with Crippen molar-refractivity contribution in [2.75, 3.05) is 0 Å². The average Bonchev–Trinajstić information content (AvgIpc) is 2.33. The Kier molecular flexibility index (Phi) is 4.00. The van der Waals surface area contributed by atoms with Crippen LogP contribution in [0.3, 0.4) is 0 Å². The number of allylic oxidation sites excluding steroid dienone is 1. The van der Waals surface area contributed by atoms with Crippen LogP contribution in [0.15, 0.2) is 11.6 Å². The number of hydrogen-bond acceptors (Lipinski definition) is 1. The highest BCUT2D eigenvalue weighted by Gasteiger charge is 2.20. The van der Waals surface area contributed by atoms with Crippen LogP contribution >= 0.6 is 0 Å². The van der Waals surface area contributed by atoms with Crippen LogP contribution in [0.25, 0.3) is 0 Å². The van der Waals surface area contributed by atoms with Gasteiger partial charge in [-0.3, -0.25) is 4.79 Å². The number of rotatable bonds is 3. The molecule has 0 saturated heterocycles. The van der Waals surface area contributed by atoms with Gasteiger partial charge in [-0.25, -0.2) is 0 Å². The molecular formula is C11H18O2. The van der Waals surface area contributed by atoms with E-state index in [-0.39, 0.29) is 5.92 Å². The second-order valence-electron chi connectivity index (χ2n) is 3.68. The van der Waals surface area contributed by atoms with Gasteiger partial charge in [-0.05, 0) is 32.1 Å². The van der Waals surface area contributed by atoms with Gasteiger partial charge in [0.25, 0.3) is 0 Å². The zero-order valence-corrected chi connectivity index (χ0v) is 8.25. The summed E-state index contributed by atoms with van der Waals surface area (Å²) >= 11 is 0. The van der Waals surface area contributed by atoms with Gasteiger partial charge in [-0.2, -0.15) is 0 Å². The van der Waals surface area contributed by atoms with Crippen molar-refractivity contribution in [3.8, 4) is 0 Å². The first-order valence-electron chi connectivity index (χ1n) is 5.17. The lowest BCUT2D eigenvalue weighted by Crippen LogP contribution is -2.15. The van der Waals surface area contributed by atoms with Crippen LogP contribution < -0.4 is 0 Å². The molecule has 13 heavy (non-hydrogen) atoms. The van der Waals surface area contributed by atoms with Gasteiger partial charge in [-0.1, -0.05) is 25.0 Å². The second kappa shape index (κ2) is 5.05. The minimum atomic E-state index is -0.657. The topological polar surface area (TPSA) is 37.3 Å². The van der Waals surface area contributed by atoms with E-state index in [0.717, 1.165) is 31.3 Å². The van der Waals surface area contributed by atoms with Crippen LogP contribution in [0.2, 0.25) is 0 Å². The Morgan fingerprint density at radius 1 is 1.54 bits per heavy atom. The standard InChI is InChI=1S/C11H18O2/c1-2-10(11(12)13)9-7-5-3-4-6-8-9/h7,10H,2-6,8H2,1H3,(H,12,13). The normalized spacial score (nSPS) is 20.2. The van der Waals surface area contributed by atoms with E-state index in [0.29, 0.717) is 0 Å². The summed E-state index contributed by atoms with van der Waals surface area (Å²) in [4.78, 5) is 10.9. The fraction of sp³-hybridized carbons (Fsp3) is 0.727. The van der Waals surface area contributed by atoms with Crippen LogP contribution in [0.1, 0.15) is 45.4 Å². The Bertz CT molecular complexity index is 206. The maximum absolute atomic E-state index is 10.9. The fourth-order valence-electron chi connectivity index (χ4n) is 1.95. The number of carboxylic acids is 1. The molecule has 0 bridgehead atoms. The molecule has 0 heterocycles. The molecule has 2 heteroatoms. The molecule has 74 valence electrons. The SMILES string of the molecule is CCC(C(=O)O)C1=CCCCCC1. The smallest absolute Gasteiger partial charge is 0.310 e. The molecule has 0 fully saturated rings. The Morgan fingerprint density at radius 3 is 2.92 bits per heavy atom. The van der Waals surface area contributed by atoms with Crippen molar-refractivity contribution in [3.63, 3.8) is 0 Å². The van der Waals surface area contributed by atoms with Gasteiger partial charge in [0.05, 0.1) is 5.92 Å². The largest absolute Gasteiger partial charge is 0.481 e. The molecule has 0 spiro atoms. The highest BCUT2D eigenvalue weighted by Crippen LogP contribution is 2.25. The summed E-state index contributed by atoms with van der Waals surface area (Å²) in [5.74, 6) is -0.881. The van der Waals surface area contributed by atoms with Crippen LogP contribution in [0.4, 0.5) is 0 Å². The van der Waals surface area contributed by atoms with Gasteiger partial charge < -0.3 is 5.11 Å². The summed E-state index contributed by atoms with van der Waals surface area (Å²) in [6.45, 7) is 1.95. The van der Waals surface area contributed by atoms with Crippen molar-refractivity contribution in [2.45, 2.75) is 45.4 Å². The van der Waals surface area contributed by atoms with E-state index in [1.54, 1.807) is 0 Å². The summed E-state index contributed by atoms with van der Waals surface area (Å²) < 4.78 is 0. The van der Waals surface area contributed by atoms with Gasteiger partial charge in [0, 0.05) is 0 Å². The van der Waals surface area contributed by atoms with Crippen LogP contribution in [0.5, 0.6) is 0 Å². The lowest BCUT2D eigenvalue weighted by Gasteiger charge is -2.12. The van der Waals surface area contributed by atoms with Gasteiger partial charge in [0.1, 0.15) is 0 Å². The van der Waals surface area contributed by atoms with Crippen molar-refractivity contribution >= 4 is 5.97 Å². The molecule has 1 unspecified atom stereocenters. The van der Waals surface area contributed by atoms with E-state index in [9.17, 15) is 4.79 Å². The summed E-state index contributed by atoms with van der Waals surface area (Å²) in [7, 11) is 0. The van der Waals surface area contributed by atoms with E-state index in [2.05, 4.69) is 6.08 Å². The number of hydrogen-bond donors (Lipinski definition) is 1. The van der Waals surface area contributed by atoms with Crippen LogP contribution in [-0.2, 0) is 4.79 Å². The Morgan fingerprint density at radius 2 is 2.31 bits per heavy atom. The third-order valence-electron chi connectivity index (χ3n) is 2.73. The van der Waals surface area contributed by atoms with E-state index in [1.165, 1.54) is 12.8 Å². The van der Waals surface area contributed by atoms with E-state index in [4.69, 9.17) is 5.11 Å². The zero-order valence-electron chi connectivity index (χ0n) is 8.25. The first-order valence-corrected chi connectivity index (χ1v) is 5.17. The van der Waals surface area contributed by atoms with Crippen LogP contribution in [-0.4, -0.2) is 11.1 Å². The minimum absolute atomic E-state index is 0.224. The molecule has 0 saturated carbocycles. The molecule has 2 nitrogen and oxygen atoms in total. The molecule has 0 aromatic carbocycles.